The predicted molar refractivity (Wildman–Crippen MR) is 111 cm³/mol. The largest absolute Gasteiger partial charge is 0.508 e. The molecule has 0 unspecified atom stereocenters. The molecule has 0 bridgehead atoms. The summed E-state index contributed by atoms with van der Waals surface area (Å²) in [5, 5.41) is 14.3. The van der Waals surface area contributed by atoms with Gasteiger partial charge in [0.1, 0.15) is 5.75 Å². The van der Waals surface area contributed by atoms with Crippen LogP contribution in [0.4, 0.5) is 11.4 Å². The number of phenolic OH excluding ortho intramolecular Hbond substituents is 1. The Morgan fingerprint density at radius 3 is 2.50 bits per heavy atom. The number of phenols is 1. The van der Waals surface area contributed by atoms with Crippen LogP contribution in [0.5, 0.6) is 5.75 Å². The van der Waals surface area contributed by atoms with Gasteiger partial charge in [-0.15, -0.1) is 0 Å². The van der Waals surface area contributed by atoms with Crippen molar-refractivity contribution >= 4 is 22.7 Å². The van der Waals surface area contributed by atoms with E-state index < -0.39 is 0 Å². The minimum atomic E-state index is 0.345. The molecule has 0 amide bonds. The summed E-state index contributed by atoms with van der Waals surface area (Å²) in [4.78, 5) is 5.13. The summed E-state index contributed by atoms with van der Waals surface area (Å²) in [7, 11) is 0. The van der Waals surface area contributed by atoms with Gasteiger partial charge in [-0.2, -0.15) is 11.3 Å². The smallest absolute Gasteiger partial charge is 0.117 e. The average molecular weight is 371 g/mol. The van der Waals surface area contributed by atoms with Crippen LogP contribution in [0.15, 0.2) is 41.1 Å². The molecule has 1 aliphatic heterocycles. The standard InChI is InChI=1S/C22H30N2OS/c25-22-8-4-7-20(15-22)24(21-11-14-26-17-21)19-9-12-23(13-10-19)16-18-5-2-1-3-6-18/h4,7-8,11,14-15,17-19,25H,1-3,5-6,9-10,12-13,16H2. The topological polar surface area (TPSA) is 26.7 Å². The third kappa shape index (κ3) is 4.24. The lowest BCUT2D eigenvalue weighted by molar-refractivity contribution is 0.164. The third-order valence-corrected chi connectivity index (χ3v) is 6.73. The van der Waals surface area contributed by atoms with Crippen LogP contribution in [0.2, 0.25) is 0 Å². The first kappa shape index (κ1) is 17.9. The molecule has 2 heterocycles. The van der Waals surface area contributed by atoms with Crippen LogP contribution in [0.1, 0.15) is 44.9 Å². The minimum absolute atomic E-state index is 0.345. The summed E-state index contributed by atoms with van der Waals surface area (Å²) >= 11 is 1.74. The fraction of sp³-hybridized carbons (Fsp3) is 0.545. The maximum absolute atomic E-state index is 9.95. The van der Waals surface area contributed by atoms with E-state index in [1.165, 1.54) is 70.3 Å². The number of hydrogen-bond donors (Lipinski definition) is 1. The summed E-state index contributed by atoms with van der Waals surface area (Å²) in [6.07, 6.45) is 9.57. The van der Waals surface area contributed by atoms with E-state index in [4.69, 9.17) is 0 Å². The number of nitrogens with zero attached hydrogens (tertiary/aromatic N) is 2. The van der Waals surface area contributed by atoms with Crippen LogP contribution in [-0.4, -0.2) is 35.7 Å². The van der Waals surface area contributed by atoms with Gasteiger partial charge < -0.3 is 14.9 Å². The van der Waals surface area contributed by atoms with Gasteiger partial charge in [0, 0.05) is 42.8 Å². The second kappa shape index (κ2) is 8.45. The summed E-state index contributed by atoms with van der Waals surface area (Å²) in [6, 6.07) is 10.4. The second-order valence-corrected chi connectivity index (χ2v) is 8.69. The van der Waals surface area contributed by atoms with Crippen LogP contribution in [0.3, 0.4) is 0 Å². The van der Waals surface area contributed by atoms with Crippen LogP contribution >= 0.6 is 11.3 Å². The highest BCUT2D eigenvalue weighted by Gasteiger charge is 2.28. The SMILES string of the molecule is Oc1cccc(N(c2ccsc2)C2CCN(CC3CCCCC3)CC2)c1. The number of aromatic hydroxyl groups is 1. The Balaban J connectivity index is 1.43. The molecule has 1 aliphatic carbocycles. The normalized spacial score (nSPS) is 20.3. The van der Waals surface area contributed by atoms with Crippen molar-refractivity contribution < 1.29 is 5.11 Å². The quantitative estimate of drug-likeness (QED) is 0.738. The summed E-state index contributed by atoms with van der Waals surface area (Å²) < 4.78 is 0. The Kier molecular flexibility index (Phi) is 5.81. The Bertz CT molecular complexity index is 673. The highest BCUT2D eigenvalue weighted by molar-refractivity contribution is 7.08. The molecule has 1 saturated heterocycles. The number of piperidine rings is 1. The highest BCUT2D eigenvalue weighted by atomic mass is 32.1. The van der Waals surface area contributed by atoms with Crippen molar-refractivity contribution in [1.29, 1.82) is 0 Å². The molecule has 2 aliphatic rings. The Morgan fingerprint density at radius 2 is 1.81 bits per heavy atom. The van der Waals surface area contributed by atoms with E-state index in [-0.39, 0.29) is 0 Å². The average Bonchev–Trinajstić information content (AvgIpc) is 3.19. The van der Waals surface area contributed by atoms with Gasteiger partial charge in [-0.3, -0.25) is 0 Å². The van der Waals surface area contributed by atoms with Gasteiger partial charge in [-0.1, -0.05) is 25.3 Å². The van der Waals surface area contributed by atoms with Crippen LogP contribution in [0, 0.1) is 5.92 Å². The first-order valence-corrected chi connectivity index (χ1v) is 11.1. The lowest BCUT2D eigenvalue weighted by atomic mass is 9.88. The van der Waals surface area contributed by atoms with Crippen molar-refractivity contribution in [3.05, 3.63) is 41.1 Å². The molecule has 140 valence electrons. The highest BCUT2D eigenvalue weighted by Crippen LogP contribution is 2.35. The van der Waals surface area contributed by atoms with Gasteiger partial charge in [-0.25, -0.2) is 0 Å². The Morgan fingerprint density at radius 1 is 1.00 bits per heavy atom. The van der Waals surface area contributed by atoms with Crippen molar-refractivity contribution in [3.63, 3.8) is 0 Å². The molecule has 1 aromatic heterocycles. The number of anilines is 2. The van der Waals surface area contributed by atoms with E-state index >= 15 is 0 Å². The van der Waals surface area contributed by atoms with E-state index in [0.29, 0.717) is 11.8 Å². The van der Waals surface area contributed by atoms with Crippen molar-refractivity contribution in [1.82, 2.24) is 4.90 Å². The van der Waals surface area contributed by atoms with E-state index in [9.17, 15) is 5.11 Å². The first-order chi connectivity index (χ1) is 12.8. The summed E-state index contributed by atoms with van der Waals surface area (Å²) in [5.41, 5.74) is 2.36. The lowest BCUT2D eigenvalue weighted by Crippen LogP contribution is -2.44. The molecule has 0 spiro atoms. The van der Waals surface area contributed by atoms with Crippen LogP contribution < -0.4 is 4.90 Å². The molecule has 0 atom stereocenters. The monoisotopic (exact) mass is 370 g/mol. The van der Waals surface area contributed by atoms with Crippen molar-refractivity contribution in [3.8, 4) is 5.75 Å². The van der Waals surface area contributed by atoms with E-state index in [1.807, 2.05) is 12.1 Å². The van der Waals surface area contributed by atoms with Crippen LogP contribution in [0.25, 0.3) is 0 Å². The van der Waals surface area contributed by atoms with Crippen molar-refractivity contribution in [2.75, 3.05) is 24.5 Å². The molecule has 2 aromatic rings. The molecule has 1 N–H and O–H groups in total. The molecular formula is C22H30N2OS. The fourth-order valence-corrected chi connectivity index (χ4v) is 5.33. The Hall–Kier alpha value is -1.52. The van der Waals surface area contributed by atoms with E-state index in [2.05, 4.69) is 32.7 Å². The molecule has 4 rings (SSSR count). The number of hydrogen-bond acceptors (Lipinski definition) is 4. The molecule has 1 saturated carbocycles. The second-order valence-electron chi connectivity index (χ2n) is 7.91. The molecule has 26 heavy (non-hydrogen) atoms. The summed E-state index contributed by atoms with van der Waals surface area (Å²) in [5.74, 6) is 1.27. The first-order valence-electron chi connectivity index (χ1n) is 10.1. The van der Waals surface area contributed by atoms with Gasteiger partial charge in [-0.05, 0) is 55.2 Å². The lowest BCUT2D eigenvalue weighted by Gasteiger charge is -2.40. The molecule has 1 aromatic carbocycles. The number of thiophene rings is 1. The molecule has 3 nitrogen and oxygen atoms in total. The van der Waals surface area contributed by atoms with Gasteiger partial charge >= 0.3 is 0 Å². The zero-order valence-corrected chi connectivity index (χ0v) is 16.3. The number of rotatable bonds is 5. The van der Waals surface area contributed by atoms with E-state index in [0.717, 1.165) is 11.6 Å². The van der Waals surface area contributed by atoms with Gasteiger partial charge in [0.15, 0.2) is 0 Å². The predicted octanol–water partition coefficient (Wildman–Crippen LogP) is 5.64. The van der Waals surface area contributed by atoms with Gasteiger partial charge in [0.2, 0.25) is 0 Å². The minimum Gasteiger partial charge on any atom is -0.508 e. The fourth-order valence-electron chi connectivity index (χ4n) is 4.70. The van der Waals surface area contributed by atoms with Crippen LogP contribution in [-0.2, 0) is 0 Å². The molecule has 0 radical (unpaired) electrons. The van der Waals surface area contributed by atoms with E-state index in [1.54, 1.807) is 17.4 Å². The summed E-state index contributed by atoms with van der Waals surface area (Å²) in [6.45, 7) is 3.69. The number of likely N-dealkylation sites (tertiary alicyclic amines) is 1. The van der Waals surface area contributed by atoms with Gasteiger partial charge in [0.25, 0.3) is 0 Å². The Labute approximate surface area is 161 Å². The zero-order valence-electron chi connectivity index (χ0n) is 15.5. The molecular weight excluding hydrogens is 340 g/mol. The van der Waals surface area contributed by atoms with Crippen molar-refractivity contribution in [2.24, 2.45) is 5.92 Å². The van der Waals surface area contributed by atoms with Crippen molar-refractivity contribution in [2.45, 2.75) is 51.0 Å². The zero-order chi connectivity index (χ0) is 17.8. The molecule has 2 fully saturated rings. The van der Waals surface area contributed by atoms with Gasteiger partial charge in [0.05, 0.1) is 5.69 Å². The number of benzene rings is 1. The maximum atomic E-state index is 9.95. The third-order valence-electron chi connectivity index (χ3n) is 6.06. The molecule has 4 heteroatoms. The maximum Gasteiger partial charge on any atom is 0.117 e.